The molecule has 0 fully saturated rings. The van der Waals surface area contributed by atoms with Crippen LogP contribution in [0.4, 0.5) is 0 Å². The van der Waals surface area contributed by atoms with Crippen LogP contribution in [0.3, 0.4) is 0 Å². The summed E-state index contributed by atoms with van der Waals surface area (Å²) in [6, 6.07) is 0. The molecule has 4 rings (SSSR count). The van der Waals surface area contributed by atoms with Gasteiger partial charge in [-0.15, -0.1) is 0 Å². The quantitative estimate of drug-likeness (QED) is 0.514. The second-order valence-corrected chi connectivity index (χ2v) is 10.7. The van der Waals surface area contributed by atoms with Gasteiger partial charge in [-0.1, -0.05) is 48.5 Å². The second-order valence-electron chi connectivity index (χ2n) is 10.7. The number of nitrogens with zero attached hydrogens (tertiary/aromatic N) is 2. The lowest BCUT2D eigenvalue weighted by Gasteiger charge is -2.35. The van der Waals surface area contributed by atoms with E-state index in [1.807, 2.05) is 0 Å². The summed E-state index contributed by atoms with van der Waals surface area (Å²) in [5.41, 5.74) is 12.1. The van der Waals surface area contributed by atoms with Gasteiger partial charge in [0.05, 0.1) is 0 Å². The van der Waals surface area contributed by atoms with Crippen LogP contribution in [0.1, 0.15) is 142 Å². The number of hydrogen-bond donors (Lipinski definition) is 0. The second kappa shape index (κ2) is 8.44. The number of hydrogen-bond acceptors (Lipinski definition) is 2. The van der Waals surface area contributed by atoms with Crippen molar-refractivity contribution in [1.29, 1.82) is 0 Å². The largest absolute Gasteiger partial charge is 0.260 e. The van der Waals surface area contributed by atoms with Crippen molar-refractivity contribution in [2.75, 3.05) is 0 Å². The van der Waals surface area contributed by atoms with Crippen LogP contribution < -0.4 is 0 Å². The van der Waals surface area contributed by atoms with Crippen molar-refractivity contribution in [3.05, 3.63) is 57.2 Å². The SMILES string of the molecule is CC(C)c1ncc2c(c1C(C)C)CCCC2C(C)c1c(C(C)C)ncc2c1CCC2. The highest BCUT2D eigenvalue weighted by Crippen LogP contribution is 2.47. The molecule has 2 aromatic heterocycles. The zero-order valence-electron chi connectivity index (χ0n) is 20.2. The van der Waals surface area contributed by atoms with Crippen LogP contribution in [-0.4, -0.2) is 9.97 Å². The summed E-state index contributed by atoms with van der Waals surface area (Å²) in [6.07, 6.45) is 11.9. The first-order valence-corrected chi connectivity index (χ1v) is 12.3. The average molecular weight is 405 g/mol. The number of aryl methyl sites for hydroxylation is 1. The molecule has 2 heterocycles. The molecular weight excluding hydrogens is 364 g/mol. The van der Waals surface area contributed by atoms with Gasteiger partial charge < -0.3 is 0 Å². The van der Waals surface area contributed by atoms with Crippen LogP contribution in [0.15, 0.2) is 12.4 Å². The van der Waals surface area contributed by atoms with E-state index in [1.165, 1.54) is 61.0 Å². The Morgan fingerprint density at radius 2 is 1.33 bits per heavy atom. The molecule has 0 N–H and O–H groups in total. The van der Waals surface area contributed by atoms with Crippen LogP contribution in [0.25, 0.3) is 0 Å². The Balaban J connectivity index is 1.84. The van der Waals surface area contributed by atoms with Crippen molar-refractivity contribution in [1.82, 2.24) is 9.97 Å². The summed E-state index contributed by atoms with van der Waals surface area (Å²) in [6.45, 7) is 16.4. The third kappa shape index (κ3) is 3.61. The van der Waals surface area contributed by atoms with Crippen molar-refractivity contribution < 1.29 is 0 Å². The fraction of sp³-hybridized carbons (Fsp3) is 0.643. The van der Waals surface area contributed by atoms with Crippen molar-refractivity contribution in [2.45, 2.75) is 117 Å². The maximum Gasteiger partial charge on any atom is 0.0466 e. The van der Waals surface area contributed by atoms with E-state index >= 15 is 0 Å². The van der Waals surface area contributed by atoms with Gasteiger partial charge in [-0.05, 0) is 101 Å². The van der Waals surface area contributed by atoms with Crippen LogP contribution in [-0.2, 0) is 19.3 Å². The molecule has 0 radical (unpaired) electrons. The number of fused-ring (bicyclic) bond motifs is 2. The van der Waals surface area contributed by atoms with Gasteiger partial charge >= 0.3 is 0 Å². The molecule has 0 saturated heterocycles. The summed E-state index contributed by atoms with van der Waals surface area (Å²) >= 11 is 0. The summed E-state index contributed by atoms with van der Waals surface area (Å²) in [7, 11) is 0. The number of aromatic nitrogens is 2. The predicted molar refractivity (Wildman–Crippen MR) is 127 cm³/mol. The van der Waals surface area contributed by atoms with Crippen molar-refractivity contribution in [2.24, 2.45) is 0 Å². The fourth-order valence-electron chi connectivity index (χ4n) is 6.23. The van der Waals surface area contributed by atoms with Crippen LogP contribution in [0.2, 0.25) is 0 Å². The molecule has 2 heteroatoms. The molecule has 2 aromatic rings. The maximum atomic E-state index is 5.05. The van der Waals surface area contributed by atoms with Gasteiger partial charge in [-0.3, -0.25) is 9.97 Å². The lowest BCUT2D eigenvalue weighted by Crippen LogP contribution is -2.22. The number of pyridine rings is 2. The first kappa shape index (κ1) is 21.5. The highest BCUT2D eigenvalue weighted by Gasteiger charge is 2.34. The van der Waals surface area contributed by atoms with Crippen LogP contribution in [0.5, 0.6) is 0 Å². The number of rotatable bonds is 5. The minimum Gasteiger partial charge on any atom is -0.260 e. The maximum absolute atomic E-state index is 5.05. The van der Waals surface area contributed by atoms with Gasteiger partial charge in [0, 0.05) is 23.8 Å². The average Bonchev–Trinajstić information content (AvgIpc) is 3.19. The van der Waals surface area contributed by atoms with E-state index in [9.17, 15) is 0 Å². The molecule has 0 bridgehead atoms. The molecule has 2 aliphatic rings. The molecule has 162 valence electrons. The third-order valence-electron chi connectivity index (χ3n) is 7.58. The molecule has 2 atom stereocenters. The van der Waals surface area contributed by atoms with Crippen molar-refractivity contribution in [3.8, 4) is 0 Å². The monoisotopic (exact) mass is 404 g/mol. The smallest absolute Gasteiger partial charge is 0.0466 e. The van der Waals surface area contributed by atoms with Gasteiger partial charge in [-0.2, -0.15) is 0 Å². The van der Waals surface area contributed by atoms with Gasteiger partial charge in [0.15, 0.2) is 0 Å². The zero-order valence-corrected chi connectivity index (χ0v) is 20.2. The molecule has 2 unspecified atom stereocenters. The molecule has 30 heavy (non-hydrogen) atoms. The molecule has 2 nitrogen and oxygen atoms in total. The van der Waals surface area contributed by atoms with Crippen molar-refractivity contribution in [3.63, 3.8) is 0 Å². The molecular formula is C28H40N2. The Morgan fingerprint density at radius 1 is 0.700 bits per heavy atom. The first-order chi connectivity index (χ1) is 14.3. The molecule has 0 aliphatic heterocycles. The minimum atomic E-state index is 0.476. The van der Waals surface area contributed by atoms with Crippen molar-refractivity contribution >= 4 is 0 Å². The van der Waals surface area contributed by atoms with E-state index in [1.54, 1.807) is 22.3 Å². The Labute approximate surface area is 183 Å². The first-order valence-electron chi connectivity index (χ1n) is 12.3. The lowest BCUT2D eigenvalue weighted by molar-refractivity contribution is 0.474. The topological polar surface area (TPSA) is 25.8 Å². The normalized spacial score (nSPS) is 19.5. The molecule has 2 aliphatic carbocycles. The van der Waals surface area contributed by atoms with E-state index in [2.05, 4.69) is 60.9 Å². The Hall–Kier alpha value is -1.70. The summed E-state index contributed by atoms with van der Waals surface area (Å²) in [5.74, 6) is 2.57. The molecule has 0 saturated carbocycles. The standard InChI is InChI=1S/C28H40N2/c1-16(2)25-23-13-9-11-21(24(23)15-30-27(25)17(3)4)19(7)26-22-12-8-10-20(22)14-29-28(26)18(5)6/h14-19,21H,8-13H2,1-7H3. The minimum absolute atomic E-state index is 0.476. The van der Waals surface area contributed by atoms with E-state index in [0.29, 0.717) is 29.6 Å². The fourth-order valence-corrected chi connectivity index (χ4v) is 6.23. The third-order valence-corrected chi connectivity index (χ3v) is 7.58. The Morgan fingerprint density at radius 3 is 2.00 bits per heavy atom. The van der Waals surface area contributed by atoms with E-state index in [-0.39, 0.29) is 0 Å². The van der Waals surface area contributed by atoms with Crippen LogP contribution in [0, 0.1) is 0 Å². The van der Waals surface area contributed by atoms with Gasteiger partial charge in [0.25, 0.3) is 0 Å². The Kier molecular flexibility index (Phi) is 6.06. The lowest BCUT2D eigenvalue weighted by atomic mass is 9.70. The van der Waals surface area contributed by atoms with E-state index in [4.69, 9.17) is 9.97 Å². The van der Waals surface area contributed by atoms with Gasteiger partial charge in [0.1, 0.15) is 0 Å². The highest BCUT2D eigenvalue weighted by molar-refractivity contribution is 5.48. The molecule has 0 aromatic carbocycles. The van der Waals surface area contributed by atoms with Crippen LogP contribution >= 0.6 is 0 Å². The summed E-state index contributed by atoms with van der Waals surface area (Å²) in [4.78, 5) is 10.0. The van der Waals surface area contributed by atoms with Gasteiger partial charge in [-0.25, -0.2) is 0 Å². The molecule has 0 amide bonds. The summed E-state index contributed by atoms with van der Waals surface area (Å²) in [5, 5.41) is 0. The zero-order chi connectivity index (χ0) is 21.6. The predicted octanol–water partition coefficient (Wildman–Crippen LogP) is 7.56. The van der Waals surface area contributed by atoms with Gasteiger partial charge in [0.2, 0.25) is 0 Å². The summed E-state index contributed by atoms with van der Waals surface area (Å²) < 4.78 is 0. The van der Waals surface area contributed by atoms with E-state index < -0.39 is 0 Å². The highest BCUT2D eigenvalue weighted by atomic mass is 14.7. The molecule has 0 spiro atoms. The van der Waals surface area contributed by atoms with E-state index in [0.717, 1.165) is 0 Å². The Bertz CT molecular complexity index is 923.